The van der Waals surface area contributed by atoms with Crippen LogP contribution in [0.2, 0.25) is 0 Å². The van der Waals surface area contributed by atoms with Gasteiger partial charge in [0.2, 0.25) is 0 Å². The first-order valence-electron chi connectivity index (χ1n) is 13.3. The Hall–Kier alpha value is -0.300. The lowest BCUT2D eigenvalue weighted by Gasteiger charge is -2.61. The summed E-state index contributed by atoms with van der Waals surface area (Å²) in [7, 11) is 2.02. The second-order valence-corrected chi connectivity index (χ2v) is 14.0. The van der Waals surface area contributed by atoms with E-state index in [1.165, 1.54) is 57.8 Å². The van der Waals surface area contributed by atoms with E-state index in [-0.39, 0.29) is 0 Å². The van der Waals surface area contributed by atoms with Crippen LogP contribution in [0.25, 0.3) is 0 Å². The van der Waals surface area contributed by atoms with E-state index in [1.807, 2.05) is 7.11 Å². The number of hydrogen-bond acceptors (Lipinski definition) is 1. The third-order valence-corrected chi connectivity index (χ3v) is 11.7. The van der Waals surface area contributed by atoms with Gasteiger partial charge < -0.3 is 4.74 Å². The monoisotopic (exact) mass is 412 g/mol. The fourth-order valence-electron chi connectivity index (χ4n) is 10.3. The summed E-state index contributed by atoms with van der Waals surface area (Å²) in [6, 6.07) is 0. The average Bonchev–Trinajstić information content (AvgIpc) is 3.17. The van der Waals surface area contributed by atoms with Gasteiger partial charge in [-0.1, -0.05) is 53.7 Å². The molecule has 0 aromatic rings. The van der Waals surface area contributed by atoms with Gasteiger partial charge in [0.15, 0.2) is 0 Å². The number of hydrogen-bond donors (Lipinski definition) is 0. The van der Waals surface area contributed by atoms with Crippen LogP contribution in [0.15, 0.2) is 12.2 Å². The molecule has 0 bridgehead atoms. The van der Waals surface area contributed by atoms with Crippen molar-refractivity contribution in [3.63, 3.8) is 0 Å². The highest BCUT2D eigenvalue weighted by Crippen LogP contribution is 2.82. The van der Waals surface area contributed by atoms with Crippen LogP contribution >= 0.6 is 0 Å². The van der Waals surface area contributed by atoms with Gasteiger partial charge in [0.25, 0.3) is 0 Å². The van der Waals surface area contributed by atoms with Crippen LogP contribution < -0.4 is 0 Å². The number of ether oxygens (including phenoxy) is 1. The van der Waals surface area contributed by atoms with Crippen molar-refractivity contribution in [1.82, 2.24) is 0 Å². The predicted molar refractivity (Wildman–Crippen MR) is 126 cm³/mol. The van der Waals surface area contributed by atoms with Crippen molar-refractivity contribution < 1.29 is 4.74 Å². The van der Waals surface area contributed by atoms with Gasteiger partial charge in [-0.15, -0.1) is 0 Å². The molecule has 5 aliphatic carbocycles. The minimum Gasteiger partial charge on any atom is -0.381 e. The molecule has 0 aromatic heterocycles. The highest BCUT2D eigenvalue weighted by molar-refractivity contribution is 5.26. The van der Waals surface area contributed by atoms with Crippen LogP contribution in [0, 0.1) is 57.2 Å². The molecular formula is C29H48O. The average molecular weight is 413 g/mol. The SMILES string of the molecule is CO[C@@H]1C[C@H]2[C@@H]3CC[C@H]([C@H](C)C=CCC(C)(C)C)[C@@]3(C)CC[C@@H]2[C@@]2(C)CC[C@H]3C[C@]312. The van der Waals surface area contributed by atoms with E-state index < -0.39 is 0 Å². The summed E-state index contributed by atoms with van der Waals surface area (Å²) in [5.41, 5.74) is 2.09. The number of allylic oxidation sites excluding steroid dienone is 2. The molecule has 0 radical (unpaired) electrons. The Morgan fingerprint density at radius 3 is 2.47 bits per heavy atom. The van der Waals surface area contributed by atoms with Crippen LogP contribution in [-0.2, 0) is 4.74 Å². The Labute approximate surface area is 186 Å². The van der Waals surface area contributed by atoms with Crippen LogP contribution in [-0.4, -0.2) is 13.2 Å². The molecule has 5 fully saturated rings. The molecule has 0 unspecified atom stereocenters. The zero-order valence-corrected chi connectivity index (χ0v) is 21.0. The Kier molecular flexibility index (Phi) is 4.92. The predicted octanol–water partition coefficient (Wildman–Crippen LogP) is 7.90. The van der Waals surface area contributed by atoms with Gasteiger partial charge in [0.1, 0.15) is 0 Å². The van der Waals surface area contributed by atoms with Gasteiger partial charge in [-0.25, -0.2) is 0 Å². The summed E-state index contributed by atoms with van der Waals surface area (Å²) in [5, 5.41) is 0. The fraction of sp³-hybridized carbons (Fsp3) is 0.931. The molecule has 10 atom stereocenters. The normalized spacial score (nSPS) is 53.2. The van der Waals surface area contributed by atoms with Crippen LogP contribution in [0.3, 0.4) is 0 Å². The number of methoxy groups -OCH3 is 1. The van der Waals surface area contributed by atoms with Crippen molar-refractivity contribution in [3.05, 3.63) is 12.2 Å². The second-order valence-electron chi connectivity index (χ2n) is 14.0. The van der Waals surface area contributed by atoms with Gasteiger partial charge in [0.05, 0.1) is 6.10 Å². The minimum atomic E-state index is 0.404. The Bertz CT molecular complexity index is 702. The van der Waals surface area contributed by atoms with Gasteiger partial charge in [-0.3, -0.25) is 0 Å². The third-order valence-electron chi connectivity index (χ3n) is 11.7. The first-order chi connectivity index (χ1) is 14.1. The summed E-state index contributed by atoms with van der Waals surface area (Å²) in [6.45, 7) is 15.0. The van der Waals surface area contributed by atoms with Crippen molar-refractivity contribution in [1.29, 1.82) is 0 Å². The number of rotatable bonds is 4. The summed E-state index contributed by atoms with van der Waals surface area (Å²) in [4.78, 5) is 0. The molecule has 5 saturated carbocycles. The third kappa shape index (κ3) is 2.82. The van der Waals surface area contributed by atoms with Gasteiger partial charge >= 0.3 is 0 Å². The summed E-state index contributed by atoms with van der Waals surface area (Å²) < 4.78 is 6.29. The van der Waals surface area contributed by atoms with E-state index >= 15 is 0 Å². The topological polar surface area (TPSA) is 9.23 Å². The molecule has 0 aliphatic heterocycles. The van der Waals surface area contributed by atoms with E-state index in [4.69, 9.17) is 4.74 Å². The first-order valence-corrected chi connectivity index (χ1v) is 13.3. The standard InChI is InChI=1S/C29H48O/c1-19(9-8-14-26(2,3)4)22-10-11-23-21-17-25(30-7)29-18-20(29)12-16-28(29,6)24(21)13-15-27(22,23)5/h8-9,19-25H,10-18H2,1-7H3/t19-,20+,21+,22-,23+,24+,25-,27-,28-,29+/m1/s1. The molecule has 0 saturated heterocycles. The van der Waals surface area contributed by atoms with Crippen molar-refractivity contribution in [2.24, 2.45) is 57.2 Å². The van der Waals surface area contributed by atoms with Crippen molar-refractivity contribution >= 4 is 0 Å². The number of fused-ring (bicyclic) bond motifs is 4. The highest BCUT2D eigenvalue weighted by Gasteiger charge is 2.77. The second kappa shape index (κ2) is 6.85. The molecule has 0 N–H and O–H groups in total. The lowest BCUT2D eigenvalue weighted by molar-refractivity contribution is -0.160. The first kappa shape index (κ1) is 21.5. The van der Waals surface area contributed by atoms with Crippen LogP contribution in [0.1, 0.15) is 99.3 Å². The molecule has 0 heterocycles. The maximum Gasteiger partial charge on any atom is 0.0638 e. The van der Waals surface area contributed by atoms with Gasteiger partial charge in [-0.05, 0) is 110 Å². The maximum atomic E-state index is 6.29. The van der Waals surface area contributed by atoms with Gasteiger partial charge in [-0.2, -0.15) is 0 Å². The molecule has 1 heteroatoms. The van der Waals surface area contributed by atoms with Crippen LogP contribution in [0.4, 0.5) is 0 Å². The largest absolute Gasteiger partial charge is 0.381 e. The molecule has 5 aliphatic rings. The lowest BCUT2D eigenvalue weighted by Crippen LogP contribution is -2.57. The van der Waals surface area contributed by atoms with Crippen molar-refractivity contribution in [3.8, 4) is 0 Å². The Morgan fingerprint density at radius 2 is 1.80 bits per heavy atom. The zero-order chi connectivity index (χ0) is 21.5. The highest BCUT2D eigenvalue weighted by atomic mass is 16.5. The molecule has 1 spiro atoms. The van der Waals surface area contributed by atoms with Crippen molar-refractivity contribution in [2.75, 3.05) is 7.11 Å². The quantitative estimate of drug-likeness (QED) is 0.426. The maximum absolute atomic E-state index is 6.29. The molecule has 0 amide bonds. The molecule has 170 valence electrons. The molecule has 30 heavy (non-hydrogen) atoms. The Morgan fingerprint density at radius 1 is 1.03 bits per heavy atom. The molecule has 1 nitrogen and oxygen atoms in total. The summed E-state index contributed by atoms with van der Waals surface area (Å²) in [6.07, 6.45) is 18.5. The van der Waals surface area contributed by atoms with Gasteiger partial charge in [0, 0.05) is 12.5 Å². The summed E-state index contributed by atoms with van der Waals surface area (Å²) >= 11 is 0. The van der Waals surface area contributed by atoms with E-state index in [0.717, 1.165) is 35.5 Å². The van der Waals surface area contributed by atoms with E-state index in [9.17, 15) is 0 Å². The molecule has 0 aromatic carbocycles. The van der Waals surface area contributed by atoms with Crippen molar-refractivity contribution in [2.45, 2.75) is 105 Å². The van der Waals surface area contributed by atoms with E-state index in [1.54, 1.807) is 0 Å². The zero-order valence-electron chi connectivity index (χ0n) is 21.0. The smallest absolute Gasteiger partial charge is 0.0638 e. The lowest BCUT2D eigenvalue weighted by atomic mass is 9.45. The summed E-state index contributed by atoms with van der Waals surface area (Å²) in [5.74, 6) is 5.42. The minimum absolute atomic E-state index is 0.404. The van der Waals surface area contributed by atoms with Crippen LogP contribution in [0.5, 0.6) is 0 Å². The Balaban J connectivity index is 1.37. The van der Waals surface area contributed by atoms with E-state index in [2.05, 4.69) is 53.7 Å². The fourth-order valence-corrected chi connectivity index (χ4v) is 10.3. The molecular weight excluding hydrogens is 364 g/mol. The molecule has 5 rings (SSSR count). The van der Waals surface area contributed by atoms with E-state index in [0.29, 0.717) is 27.8 Å².